The Bertz CT molecular complexity index is 972. The fourth-order valence-corrected chi connectivity index (χ4v) is 2.87. The van der Waals surface area contributed by atoms with Gasteiger partial charge in [0.2, 0.25) is 0 Å². The number of pyridine rings is 1. The first-order chi connectivity index (χ1) is 13.0. The van der Waals surface area contributed by atoms with Gasteiger partial charge in [0.15, 0.2) is 11.5 Å². The summed E-state index contributed by atoms with van der Waals surface area (Å²) < 4.78 is 15.8. The van der Waals surface area contributed by atoms with Gasteiger partial charge in [-0.15, -0.1) is 0 Å². The highest BCUT2D eigenvalue weighted by Crippen LogP contribution is 2.28. The number of carbonyl (C=O) groups excluding carboxylic acids is 1. The van der Waals surface area contributed by atoms with Gasteiger partial charge in [-0.1, -0.05) is 12.1 Å². The second-order valence-electron chi connectivity index (χ2n) is 6.11. The highest BCUT2D eigenvalue weighted by Gasteiger charge is 2.15. The zero-order valence-corrected chi connectivity index (χ0v) is 15.9. The lowest BCUT2D eigenvalue weighted by Crippen LogP contribution is -2.27. The molecule has 0 aliphatic carbocycles. The third-order valence-electron chi connectivity index (χ3n) is 4.33. The molecule has 0 bridgehead atoms. The Labute approximate surface area is 158 Å². The molecule has 6 heteroatoms. The fourth-order valence-electron chi connectivity index (χ4n) is 2.87. The highest BCUT2D eigenvalue weighted by atomic mass is 16.5. The van der Waals surface area contributed by atoms with E-state index in [4.69, 9.17) is 14.2 Å². The van der Waals surface area contributed by atoms with Gasteiger partial charge >= 0.3 is 0 Å². The number of aromatic nitrogens is 1. The van der Waals surface area contributed by atoms with E-state index in [0.717, 1.165) is 22.2 Å². The molecule has 0 saturated heterocycles. The maximum absolute atomic E-state index is 12.8. The Hall–Kier alpha value is -3.28. The molecule has 2 aromatic carbocycles. The molecule has 0 aliphatic rings. The second kappa shape index (κ2) is 7.95. The first-order valence-corrected chi connectivity index (χ1v) is 8.47. The number of methoxy groups -OCH3 is 3. The molecule has 1 amide bonds. The standard InChI is InChI=1S/C21H22N2O4/c1-23(13-14-5-10-19(26-3)20(11-14)27-4)21(24)18-8-6-15-12-16(25-2)7-9-17(15)22-18/h5-12H,13H2,1-4H3. The Morgan fingerprint density at radius 1 is 0.926 bits per heavy atom. The molecule has 0 fully saturated rings. The molecule has 0 N–H and O–H groups in total. The molecule has 0 spiro atoms. The lowest BCUT2D eigenvalue weighted by Gasteiger charge is -2.18. The van der Waals surface area contributed by atoms with Crippen LogP contribution in [0.5, 0.6) is 17.2 Å². The van der Waals surface area contributed by atoms with Crippen molar-refractivity contribution in [2.45, 2.75) is 6.54 Å². The summed E-state index contributed by atoms with van der Waals surface area (Å²) in [5, 5.41) is 0.924. The number of rotatable bonds is 6. The summed E-state index contributed by atoms with van der Waals surface area (Å²) in [7, 11) is 6.55. The number of amides is 1. The molecule has 0 saturated carbocycles. The van der Waals surface area contributed by atoms with Gasteiger partial charge in [0.05, 0.1) is 26.8 Å². The average Bonchev–Trinajstić information content (AvgIpc) is 2.72. The minimum atomic E-state index is -0.150. The zero-order valence-electron chi connectivity index (χ0n) is 15.9. The maximum atomic E-state index is 12.8. The van der Waals surface area contributed by atoms with Gasteiger partial charge in [-0.25, -0.2) is 4.98 Å². The van der Waals surface area contributed by atoms with Crippen LogP contribution in [0.4, 0.5) is 0 Å². The summed E-state index contributed by atoms with van der Waals surface area (Å²) >= 11 is 0. The van der Waals surface area contributed by atoms with Crippen molar-refractivity contribution in [3.63, 3.8) is 0 Å². The van der Waals surface area contributed by atoms with E-state index < -0.39 is 0 Å². The predicted octanol–water partition coefficient (Wildman–Crippen LogP) is 3.53. The smallest absolute Gasteiger partial charge is 0.272 e. The van der Waals surface area contributed by atoms with E-state index in [2.05, 4.69) is 4.98 Å². The van der Waals surface area contributed by atoms with Crippen LogP contribution in [0.15, 0.2) is 48.5 Å². The van der Waals surface area contributed by atoms with Crippen molar-refractivity contribution in [1.82, 2.24) is 9.88 Å². The van der Waals surface area contributed by atoms with Crippen LogP contribution < -0.4 is 14.2 Å². The molecule has 0 unspecified atom stereocenters. The lowest BCUT2D eigenvalue weighted by atomic mass is 10.1. The van der Waals surface area contributed by atoms with Gasteiger partial charge in [-0.2, -0.15) is 0 Å². The third kappa shape index (κ3) is 3.95. The number of hydrogen-bond acceptors (Lipinski definition) is 5. The van der Waals surface area contributed by atoms with Gasteiger partial charge in [-0.3, -0.25) is 4.79 Å². The van der Waals surface area contributed by atoms with E-state index in [9.17, 15) is 4.79 Å². The summed E-state index contributed by atoms with van der Waals surface area (Å²) in [5.41, 5.74) is 2.09. The minimum Gasteiger partial charge on any atom is -0.497 e. The maximum Gasteiger partial charge on any atom is 0.272 e. The lowest BCUT2D eigenvalue weighted by molar-refractivity contribution is 0.0779. The molecule has 3 aromatic rings. The average molecular weight is 366 g/mol. The molecule has 1 aromatic heterocycles. The van der Waals surface area contributed by atoms with Crippen molar-refractivity contribution < 1.29 is 19.0 Å². The van der Waals surface area contributed by atoms with Crippen LogP contribution in [-0.4, -0.2) is 44.2 Å². The number of hydrogen-bond donors (Lipinski definition) is 0. The van der Waals surface area contributed by atoms with Gasteiger partial charge in [0.25, 0.3) is 5.91 Å². The predicted molar refractivity (Wildman–Crippen MR) is 104 cm³/mol. The highest BCUT2D eigenvalue weighted by molar-refractivity contribution is 5.94. The van der Waals surface area contributed by atoms with Crippen LogP contribution >= 0.6 is 0 Å². The molecular weight excluding hydrogens is 344 g/mol. The first-order valence-electron chi connectivity index (χ1n) is 8.47. The molecule has 27 heavy (non-hydrogen) atoms. The molecule has 0 atom stereocenters. The monoisotopic (exact) mass is 366 g/mol. The van der Waals surface area contributed by atoms with E-state index in [1.807, 2.05) is 42.5 Å². The normalized spacial score (nSPS) is 10.5. The van der Waals surface area contributed by atoms with Gasteiger partial charge in [-0.05, 0) is 42.0 Å². The topological polar surface area (TPSA) is 60.9 Å². The van der Waals surface area contributed by atoms with Crippen LogP contribution in [0.3, 0.4) is 0 Å². The van der Waals surface area contributed by atoms with E-state index in [0.29, 0.717) is 23.7 Å². The SMILES string of the molecule is COc1ccc2nc(C(=O)N(C)Cc3ccc(OC)c(OC)c3)ccc2c1. The molecule has 3 rings (SSSR count). The van der Waals surface area contributed by atoms with Gasteiger partial charge < -0.3 is 19.1 Å². The summed E-state index contributed by atoms with van der Waals surface area (Å²) in [6.07, 6.45) is 0. The largest absolute Gasteiger partial charge is 0.497 e. The van der Waals surface area contributed by atoms with Crippen molar-refractivity contribution in [3.05, 3.63) is 59.8 Å². The molecule has 0 radical (unpaired) electrons. The molecular formula is C21H22N2O4. The van der Waals surface area contributed by atoms with Crippen LogP contribution in [-0.2, 0) is 6.54 Å². The van der Waals surface area contributed by atoms with E-state index in [1.54, 1.807) is 39.3 Å². The number of carbonyl (C=O) groups is 1. The van der Waals surface area contributed by atoms with Crippen LogP contribution in [0.1, 0.15) is 16.1 Å². The zero-order chi connectivity index (χ0) is 19.4. The van der Waals surface area contributed by atoms with Crippen molar-refractivity contribution in [3.8, 4) is 17.2 Å². The molecule has 1 heterocycles. The van der Waals surface area contributed by atoms with E-state index >= 15 is 0 Å². The number of nitrogens with zero attached hydrogens (tertiary/aromatic N) is 2. The van der Waals surface area contributed by atoms with E-state index in [1.165, 1.54) is 0 Å². The Balaban J connectivity index is 1.79. The molecule has 0 aliphatic heterocycles. The summed E-state index contributed by atoms with van der Waals surface area (Å²) in [6.45, 7) is 0.432. The third-order valence-corrected chi connectivity index (χ3v) is 4.33. The minimum absolute atomic E-state index is 0.150. The van der Waals surface area contributed by atoms with Crippen molar-refractivity contribution >= 4 is 16.8 Å². The Morgan fingerprint density at radius 3 is 2.41 bits per heavy atom. The number of benzene rings is 2. The van der Waals surface area contributed by atoms with Crippen LogP contribution in [0.2, 0.25) is 0 Å². The summed E-state index contributed by atoms with van der Waals surface area (Å²) in [6, 6.07) is 14.8. The molecule has 140 valence electrons. The van der Waals surface area contributed by atoms with Crippen molar-refractivity contribution in [2.75, 3.05) is 28.4 Å². The van der Waals surface area contributed by atoms with Gasteiger partial charge in [0, 0.05) is 19.0 Å². The Morgan fingerprint density at radius 2 is 1.70 bits per heavy atom. The van der Waals surface area contributed by atoms with Crippen LogP contribution in [0, 0.1) is 0 Å². The quantitative estimate of drug-likeness (QED) is 0.668. The Kier molecular flexibility index (Phi) is 5.45. The van der Waals surface area contributed by atoms with Crippen LogP contribution in [0.25, 0.3) is 10.9 Å². The van der Waals surface area contributed by atoms with Gasteiger partial charge in [0.1, 0.15) is 11.4 Å². The van der Waals surface area contributed by atoms with E-state index in [-0.39, 0.29) is 5.91 Å². The molecule has 6 nitrogen and oxygen atoms in total. The number of ether oxygens (including phenoxy) is 3. The first kappa shape index (κ1) is 18.5. The second-order valence-corrected chi connectivity index (χ2v) is 6.11. The van der Waals surface area contributed by atoms with Crippen molar-refractivity contribution in [1.29, 1.82) is 0 Å². The van der Waals surface area contributed by atoms with Crippen molar-refractivity contribution in [2.24, 2.45) is 0 Å². The summed E-state index contributed by atoms with van der Waals surface area (Å²) in [5.74, 6) is 1.90. The fraction of sp³-hybridized carbons (Fsp3) is 0.238. The number of fused-ring (bicyclic) bond motifs is 1. The summed E-state index contributed by atoms with van der Waals surface area (Å²) in [4.78, 5) is 18.9.